The predicted octanol–water partition coefficient (Wildman–Crippen LogP) is 3.61. The summed E-state index contributed by atoms with van der Waals surface area (Å²) in [6.45, 7) is 4.79. The van der Waals surface area contributed by atoms with E-state index in [0.717, 1.165) is 33.4 Å². The van der Waals surface area contributed by atoms with Crippen molar-refractivity contribution in [2.75, 3.05) is 24.6 Å². The minimum absolute atomic E-state index is 0.103. The molecule has 1 N–H and O–H groups in total. The molecule has 0 atom stereocenters. The van der Waals surface area contributed by atoms with Gasteiger partial charge in [0.2, 0.25) is 5.91 Å². The summed E-state index contributed by atoms with van der Waals surface area (Å²) in [5.74, 6) is -0.283. The standard InChI is InChI=1S/C20H21BrN2O3S/c1-2-19(25)23-8-4-6-16-17(5-3-7-18(16)23)20(26)22(9-10-24)12-15-11-14(21)13-27-15/h2-3,5,7,11,13,24H,1,4,6,8-10,12H2. The van der Waals surface area contributed by atoms with Crippen LogP contribution >= 0.6 is 27.3 Å². The Morgan fingerprint density at radius 2 is 2.22 bits per heavy atom. The molecule has 2 amide bonds. The van der Waals surface area contributed by atoms with Crippen molar-refractivity contribution in [2.24, 2.45) is 0 Å². The van der Waals surface area contributed by atoms with E-state index in [0.29, 0.717) is 18.7 Å². The SMILES string of the molecule is C=CC(=O)N1CCCc2c(C(=O)N(CCO)Cc3cc(Br)cs3)cccc21. The summed E-state index contributed by atoms with van der Waals surface area (Å²) in [6.07, 6.45) is 2.85. The Labute approximate surface area is 171 Å². The number of anilines is 1. The minimum Gasteiger partial charge on any atom is -0.395 e. The molecule has 7 heteroatoms. The van der Waals surface area contributed by atoms with Gasteiger partial charge in [-0.05, 0) is 58.6 Å². The van der Waals surface area contributed by atoms with Crippen LogP contribution in [0.15, 0.2) is 46.8 Å². The number of amides is 2. The maximum absolute atomic E-state index is 13.2. The molecule has 0 fully saturated rings. The average Bonchev–Trinajstić information content (AvgIpc) is 3.10. The second-order valence-electron chi connectivity index (χ2n) is 6.28. The number of nitrogens with zero attached hydrogens (tertiary/aromatic N) is 2. The van der Waals surface area contributed by atoms with E-state index in [4.69, 9.17) is 0 Å². The van der Waals surface area contributed by atoms with Crippen molar-refractivity contribution in [1.82, 2.24) is 4.90 Å². The molecule has 1 aliphatic heterocycles. The van der Waals surface area contributed by atoms with Crippen molar-refractivity contribution in [2.45, 2.75) is 19.4 Å². The Bertz CT molecular complexity index is 865. The van der Waals surface area contributed by atoms with Crippen LogP contribution in [0.2, 0.25) is 0 Å². The van der Waals surface area contributed by atoms with Crippen LogP contribution < -0.4 is 4.90 Å². The first-order valence-electron chi connectivity index (χ1n) is 8.74. The molecule has 1 aromatic carbocycles. The van der Waals surface area contributed by atoms with Crippen molar-refractivity contribution in [3.05, 3.63) is 62.8 Å². The van der Waals surface area contributed by atoms with Crippen LogP contribution in [-0.4, -0.2) is 41.5 Å². The van der Waals surface area contributed by atoms with Gasteiger partial charge in [-0.3, -0.25) is 9.59 Å². The number of thiophene rings is 1. The summed E-state index contributed by atoms with van der Waals surface area (Å²) in [5, 5.41) is 11.4. The largest absolute Gasteiger partial charge is 0.395 e. The van der Waals surface area contributed by atoms with Gasteiger partial charge >= 0.3 is 0 Å². The molecule has 0 unspecified atom stereocenters. The molecular formula is C20H21BrN2O3S. The van der Waals surface area contributed by atoms with Crippen LogP contribution in [0.25, 0.3) is 0 Å². The fourth-order valence-corrected chi connectivity index (χ4v) is 4.80. The third-order valence-electron chi connectivity index (χ3n) is 4.55. The van der Waals surface area contributed by atoms with E-state index >= 15 is 0 Å². The maximum Gasteiger partial charge on any atom is 0.254 e. The number of benzene rings is 1. The lowest BCUT2D eigenvalue weighted by atomic mass is 9.95. The smallest absolute Gasteiger partial charge is 0.254 e. The zero-order valence-corrected chi connectivity index (χ0v) is 17.3. The van der Waals surface area contributed by atoms with Gasteiger partial charge in [-0.15, -0.1) is 11.3 Å². The number of halogens is 1. The fraction of sp³-hybridized carbons (Fsp3) is 0.300. The summed E-state index contributed by atoms with van der Waals surface area (Å²) in [4.78, 5) is 29.8. The second-order valence-corrected chi connectivity index (χ2v) is 8.19. The Kier molecular flexibility index (Phi) is 6.46. The van der Waals surface area contributed by atoms with Crippen molar-refractivity contribution < 1.29 is 14.7 Å². The van der Waals surface area contributed by atoms with Gasteiger partial charge in [0.1, 0.15) is 0 Å². The predicted molar refractivity (Wildman–Crippen MR) is 111 cm³/mol. The third kappa shape index (κ3) is 4.31. The minimum atomic E-state index is -0.156. The number of carbonyl (C=O) groups is 2. The first-order chi connectivity index (χ1) is 13.0. The molecule has 3 rings (SSSR count). The fourth-order valence-electron chi connectivity index (χ4n) is 3.33. The number of rotatable bonds is 6. The molecular weight excluding hydrogens is 428 g/mol. The molecule has 142 valence electrons. The van der Waals surface area contributed by atoms with Crippen LogP contribution in [0.1, 0.15) is 27.2 Å². The summed E-state index contributed by atoms with van der Waals surface area (Å²) >= 11 is 5.00. The maximum atomic E-state index is 13.2. The van der Waals surface area contributed by atoms with Gasteiger partial charge in [-0.2, -0.15) is 0 Å². The Balaban J connectivity index is 1.93. The zero-order chi connectivity index (χ0) is 19.4. The highest BCUT2D eigenvalue weighted by molar-refractivity contribution is 9.10. The molecule has 0 bridgehead atoms. The monoisotopic (exact) mass is 448 g/mol. The molecule has 2 heterocycles. The lowest BCUT2D eigenvalue weighted by Crippen LogP contribution is -2.37. The van der Waals surface area contributed by atoms with E-state index < -0.39 is 0 Å². The lowest BCUT2D eigenvalue weighted by molar-refractivity contribution is -0.114. The van der Waals surface area contributed by atoms with Gasteiger partial charge in [0.15, 0.2) is 0 Å². The summed E-state index contributed by atoms with van der Waals surface area (Å²) < 4.78 is 0.981. The molecule has 27 heavy (non-hydrogen) atoms. The second kappa shape index (κ2) is 8.82. The van der Waals surface area contributed by atoms with Crippen LogP contribution in [0.4, 0.5) is 5.69 Å². The molecule has 2 aromatic rings. The topological polar surface area (TPSA) is 60.9 Å². The van der Waals surface area contributed by atoms with Gasteiger partial charge in [-0.25, -0.2) is 0 Å². The third-order valence-corrected chi connectivity index (χ3v) is 6.23. The van der Waals surface area contributed by atoms with Crippen LogP contribution in [-0.2, 0) is 17.8 Å². The first kappa shape index (κ1) is 19.8. The van der Waals surface area contributed by atoms with Crippen molar-refractivity contribution in [1.29, 1.82) is 0 Å². The molecule has 0 radical (unpaired) electrons. The van der Waals surface area contributed by atoms with Gasteiger partial charge in [0.25, 0.3) is 5.91 Å². The highest BCUT2D eigenvalue weighted by Crippen LogP contribution is 2.31. The highest BCUT2D eigenvalue weighted by atomic mass is 79.9. The zero-order valence-electron chi connectivity index (χ0n) is 14.9. The molecule has 0 aliphatic carbocycles. The van der Waals surface area contributed by atoms with E-state index in [-0.39, 0.29) is 25.0 Å². The lowest BCUT2D eigenvalue weighted by Gasteiger charge is -2.31. The normalized spacial score (nSPS) is 13.2. The molecule has 1 aromatic heterocycles. The van der Waals surface area contributed by atoms with E-state index in [2.05, 4.69) is 22.5 Å². The average molecular weight is 449 g/mol. The quantitative estimate of drug-likeness (QED) is 0.686. The Morgan fingerprint density at radius 1 is 1.41 bits per heavy atom. The first-order valence-corrected chi connectivity index (χ1v) is 10.4. The number of hydrogen-bond donors (Lipinski definition) is 1. The van der Waals surface area contributed by atoms with Gasteiger partial charge in [0, 0.05) is 39.1 Å². The number of aliphatic hydroxyl groups excluding tert-OH is 1. The van der Waals surface area contributed by atoms with Crippen LogP contribution in [0.5, 0.6) is 0 Å². The van der Waals surface area contributed by atoms with Crippen molar-refractivity contribution in [3.63, 3.8) is 0 Å². The number of carbonyl (C=O) groups excluding carboxylic acids is 2. The van der Waals surface area contributed by atoms with Gasteiger partial charge < -0.3 is 14.9 Å². The van der Waals surface area contributed by atoms with E-state index in [1.807, 2.05) is 17.5 Å². The molecule has 0 saturated heterocycles. The number of hydrogen-bond acceptors (Lipinski definition) is 4. The van der Waals surface area contributed by atoms with Crippen molar-refractivity contribution in [3.8, 4) is 0 Å². The highest BCUT2D eigenvalue weighted by Gasteiger charge is 2.27. The van der Waals surface area contributed by atoms with E-state index in [1.54, 1.807) is 33.3 Å². The van der Waals surface area contributed by atoms with E-state index in [9.17, 15) is 14.7 Å². The molecule has 0 saturated carbocycles. The van der Waals surface area contributed by atoms with Crippen molar-refractivity contribution >= 4 is 44.8 Å². The molecule has 1 aliphatic rings. The summed E-state index contributed by atoms with van der Waals surface area (Å²) in [7, 11) is 0. The molecule has 0 spiro atoms. The Morgan fingerprint density at radius 3 is 2.89 bits per heavy atom. The summed E-state index contributed by atoms with van der Waals surface area (Å²) in [5.41, 5.74) is 2.26. The van der Waals surface area contributed by atoms with Crippen LogP contribution in [0, 0.1) is 0 Å². The summed E-state index contributed by atoms with van der Waals surface area (Å²) in [6, 6.07) is 7.46. The van der Waals surface area contributed by atoms with E-state index in [1.165, 1.54) is 6.08 Å². The van der Waals surface area contributed by atoms with Gasteiger partial charge in [-0.1, -0.05) is 12.6 Å². The van der Waals surface area contributed by atoms with Gasteiger partial charge in [0.05, 0.1) is 13.2 Å². The number of aliphatic hydroxyl groups is 1. The van der Waals surface area contributed by atoms with Crippen LogP contribution in [0.3, 0.4) is 0 Å². The number of fused-ring (bicyclic) bond motifs is 1. The Hall–Kier alpha value is -1.96. The molecule has 5 nitrogen and oxygen atoms in total.